The number of benzene rings is 1. The van der Waals surface area contributed by atoms with Crippen molar-refractivity contribution in [3.63, 3.8) is 0 Å². The lowest BCUT2D eigenvalue weighted by molar-refractivity contribution is -0.122. The molecule has 2 aliphatic rings. The molecule has 3 rings (SSSR count). The third-order valence-corrected chi connectivity index (χ3v) is 4.03. The van der Waals surface area contributed by atoms with Crippen LogP contribution >= 0.6 is 0 Å². The van der Waals surface area contributed by atoms with Gasteiger partial charge in [0, 0.05) is 31.9 Å². The number of para-hydroxylation sites is 1. The van der Waals surface area contributed by atoms with E-state index in [0.29, 0.717) is 0 Å². The van der Waals surface area contributed by atoms with Gasteiger partial charge in [0.15, 0.2) is 0 Å². The monoisotopic (exact) mass is 259 g/mol. The zero-order valence-electron chi connectivity index (χ0n) is 11.2. The minimum absolute atomic E-state index is 0.0106. The summed E-state index contributed by atoms with van der Waals surface area (Å²) in [6.45, 7) is 3.54. The van der Waals surface area contributed by atoms with E-state index in [9.17, 15) is 4.79 Å². The molecule has 1 aromatic carbocycles. The van der Waals surface area contributed by atoms with Crippen LogP contribution in [0.25, 0.3) is 0 Å². The fourth-order valence-corrected chi connectivity index (χ4v) is 3.03. The molecular weight excluding hydrogens is 238 g/mol. The Morgan fingerprint density at radius 2 is 2.05 bits per heavy atom. The first kappa shape index (κ1) is 12.5. The molecule has 2 heterocycles. The van der Waals surface area contributed by atoms with Crippen LogP contribution in [0, 0.1) is 0 Å². The SMILES string of the molecule is O=C1NCCCCC1N1CCNCc2ccccc21. The van der Waals surface area contributed by atoms with Gasteiger partial charge in [0.1, 0.15) is 6.04 Å². The molecule has 19 heavy (non-hydrogen) atoms. The topological polar surface area (TPSA) is 44.4 Å². The van der Waals surface area contributed by atoms with Crippen molar-refractivity contribution < 1.29 is 4.79 Å². The smallest absolute Gasteiger partial charge is 0.242 e. The first-order chi connectivity index (χ1) is 9.36. The van der Waals surface area contributed by atoms with Crippen molar-refractivity contribution in [1.29, 1.82) is 0 Å². The second kappa shape index (κ2) is 5.61. The maximum absolute atomic E-state index is 12.3. The van der Waals surface area contributed by atoms with Gasteiger partial charge in [0.05, 0.1) is 0 Å². The molecule has 1 aromatic rings. The number of nitrogens with one attached hydrogen (secondary N) is 2. The molecule has 0 aromatic heterocycles. The molecule has 4 heteroatoms. The highest BCUT2D eigenvalue weighted by atomic mass is 16.2. The molecule has 1 saturated heterocycles. The lowest BCUT2D eigenvalue weighted by Gasteiger charge is -2.31. The van der Waals surface area contributed by atoms with Crippen LogP contribution in [0.5, 0.6) is 0 Å². The lowest BCUT2D eigenvalue weighted by Crippen LogP contribution is -2.47. The van der Waals surface area contributed by atoms with Crippen molar-refractivity contribution >= 4 is 11.6 Å². The van der Waals surface area contributed by atoms with E-state index >= 15 is 0 Å². The Bertz CT molecular complexity index is 460. The highest BCUT2D eigenvalue weighted by molar-refractivity contribution is 5.85. The third kappa shape index (κ3) is 2.59. The van der Waals surface area contributed by atoms with Crippen LogP contribution in [0.15, 0.2) is 24.3 Å². The number of carbonyl (C=O) groups is 1. The number of amides is 1. The van der Waals surface area contributed by atoms with Gasteiger partial charge in [0.25, 0.3) is 0 Å². The minimum atomic E-state index is -0.0106. The van der Waals surface area contributed by atoms with Gasteiger partial charge in [-0.3, -0.25) is 4.79 Å². The van der Waals surface area contributed by atoms with Crippen LogP contribution < -0.4 is 15.5 Å². The average molecular weight is 259 g/mol. The summed E-state index contributed by atoms with van der Waals surface area (Å²) in [5, 5.41) is 6.47. The molecule has 1 atom stereocenters. The zero-order valence-corrected chi connectivity index (χ0v) is 11.2. The van der Waals surface area contributed by atoms with Gasteiger partial charge in [-0.25, -0.2) is 0 Å². The highest BCUT2D eigenvalue weighted by Gasteiger charge is 2.29. The van der Waals surface area contributed by atoms with Crippen molar-refractivity contribution in [1.82, 2.24) is 10.6 Å². The molecule has 0 aliphatic carbocycles. The third-order valence-electron chi connectivity index (χ3n) is 4.03. The van der Waals surface area contributed by atoms with Crippen LogP contribution in [0.2, 0.25) is 0 Å². The number of nitrogens with zero attached hydrogens (tertiary/aromatic N) is 1. The fraction of sp³-hybridized carbons (Fsp3) is 0.533. The molecule has 0 spiro atoms. The van der Waals surface area contributed by atoms with Crippen LogP contribution in [0.4, 0.5) is 5.69 Å². The molecule has 0 radical (unpaired) electrons. The molecule has 1 unspecified atom stereocenters. The summed E-state index contributed by atoms with van der Waals surface area (Å²) >= 11 is 0. The van der Waals surface area contributed by atoms with Crippen LogP contribution in [0.3, 0.4) is 0 Å². The molecule has 4 nitrogen and oxygen atoms in total. The molecule has 2 aliphatic heterocycles. The Labute approximate surface area is 114 Å². The number of hydrogen-bond donors (Lipinski definition) is 2. The standard InChI is InChI=1S/C15H21N3O/c19-15-14(7-3-4-8-17-15)18-10-9-16-11-12-5-1-2-6-13(12)18/h1-2,5-6,14,16H,3-4,7-11H2,(H,17,19). The summed E-state index contributed by atoms with van der Waals surface area (Å²) < 4.78 is 0. The first-order valence-electron chi connectivity index (χ1n) is 7.19. The summed E-state index contributed by atoms with van der Waals surface area (Å²) in [6.07, 6.45) is 3.17. The van der Waals surface area contributed by atoms with E-state index in [2.05, 4.69) is 39.8 Å². The van der Waals surface area contributed by atoms with E-state index in [1.807, 2.05) is 0 Å². The second-order valence-corrected chi connectivity index (χ2v) is 5.30. The largest absolute Gasteiger partial charge is 0.358 e. The molecule has 1 amide bonds. The Morgan fingerprint density at radius 3 is 3.00 bits per heavy atom. The van der Waals surface area contributed by atoms with E-state index in [4.69, 9.17) is 0 Å². The molecule has 102 valence electrons. The van der Waals surface area contributed by atoms with Gasteiger partial charge in [-0.2, -0.15) is 0 Å². The van der Waals surface area contributed by atoms with Crippen LogP contribution in [-0.4, -0.2) is 31.6 Å². The van der Waals surface area contributed by atoms with E-state index < -0.39 is 0 Å². The maximum atomic E-state index is 12.3. The zero-order chi connectivity index (χ0) is 13.1. The van der Waals surface area contributed by atoms with Crippen molar-refractivity contribution in [2.75, 3.05) is 24.5 Å². The quantitative estimate of drug-likeness (QED) is 0.798. The summed E-state index contributed by atoms with van der Waals surface area (Å²) in [6, 6.07) is 8.40. The summed E-state index contributed by atoms with van der Waals surface area (Å²) in [5.74, 6) is 0.189. The van der Waals surface area contributed by atoms with Crippen molar-refractivity contribution in [3.05, 3.63) is 29.8 Å². The normalized spacial score (nSPS) is 24.1. The summed E-state index contributed by atoms with van der Waals surface area (Å²) in [5.41, 5.74) is 2.51. The number of rotatable bonds is 1. The van der Waals surface area contributed by atoms with Crippen molar-refractivity contribution in [2.45, 2.75) is 31.8 Å². The van der Waals surface area contributed by atoms with Gasteiger partial charge in [-0.05, 0) is 30.9 Å². The van der Waals surface area contributed by atoms with Gasteiger partial charge in [0.2, 0.25) is 5.91 Å². The van der Waals surface area contributed by atoms with E-state index in [-0.39, 0.29) is 11.9 Å². The van der Waals surface area contributed by atoms with Crippen molar-refractivity contribution in [3.8, 4) is 0 Å². The van der Waals surface area contributed by atoms with Gasteiger partial charge in [-0.15, -0.1) is 0 Å². The van der Waals surface area contributed by atoms with Crippen LogP contribution in [-0.2, 0) is 11.3 Å². The van der Waals surface area contributed by atoms with E-state index in [0.717, 1.165) is 45.4 Å². The molecule has 0 saturated carbocycles. The summed E-state index contributed by atoms with van der Waals surface area (Å²) in [4.78, 5) is 14.6. The molecular formula is C15H21N3O. The fourth-order valence-electron chi connectivity index (χ4n) is 3.03. The number of fused-ring (bicyclic) bond motifs is 1. The highest BCUT2D eigenvalue weighted by Crippen LogP contribution is 2.26. The van der Waals surface area contributed by atoms with Crippen LogP contribution in [0.1, 0.15) is 24.8 Å². The number of hydrogen-bond acceptors (Lipinski definition) is 3. The summed E-state index contributed by atoms with van der Waals surface area (Å²) in [7, 11) is 0. The Kier molecular flexibility index (Phi) is 3.69. The Balaban J connectivity index is 1.92. The molecule has 1 fully saturated rings. The van der Waals surface area contributed by atoms with Gasteiger partial charge < -0.3 is 15.5 Å². The number of anilines is 1. The van der Waals surface area contributed by atoms with Crippen molar-refractivity contribution in [2.24, 2.45) is 0 Å². The van der Waals surface area contributed by atoms with Gasteiger partial charge in [-0.1, -0.05) is 18.2 Å². The lowest BCUT2D eigenvalue weighted by atomic mass is 10.1. The second-order valence-electron chi connectivity index (χ2n) is 5.30. The molecule has 0 bridgehead atoms. The van der Waals surface area contributed by atoms with E-state index in [1.165, 1.54) is 11.3 Å². The average Bonchev–Trinajstić information content (AvgIpc) is 2.76. The minimum Gasteiger partial charge on any atom is -0.358 e. The number of carbonyl (C=O) groups excluding carboxylic acids is 1. The molecule has 2 N–H and O–H groups in total. The first-order valence-corrected chi connectivity index (χ1v) is 7.19. The Morgan fingerprint density at radius 1 is 1.16 bits per heavy atom. The predicted octanol–water partition coefficient (Wildman–Crippen LogP) is 1.26. The van der Waals surface area contributed by atoms with Gasteiger partial charge >= 0.3 is 0 Å². The maximum Gasteiger partial charge on any atom is 0.242 e. The Hall–Kier alpha value is -1.55. The van der Waals surface area contributed by atoms with E-state index in [1.54, 1.807) is 0 Å². The predicted molar refractivity (Wildman–Crippen MR) is 76.1 cm³/mol.